The van der Waals surface area contributed by atoms with Crippen LogP contribution in [-0.2, 0) is 4.79 Å². The van der Waals surface area contributed by atoms with Crippen LogP contribution in [0.5, 0.6) is 0 Å². The van der Waals surface area contributed by atoms with Crippen molar-refractivity contribution >= 4 is 17.4 Å². The van der Waals surface area contributed by atoms with Crippen LogP contribution >= 0.6 is 0 Å². The Bertz CT molecular complexity index is 949. The van der Waals surface area contributed by atoms with Gasteiger partial charge in [0.25, 0.3) is 0 Å². The topological polar surface area (TPSA) is 59.3 Å². The number of nitrogens with one attached hydrogen (secondary N) is 1. The van der Waals surface area contributed by atoms with Crippen molar-refractivity contribution in [1.82, 2.24) is 14.4 Å². The van der Waals surface area contributed by atoms with Gasteiger partial charge in [-0.2, -0.15) is 0 Å². The van der Waals surface area contributed by atoms with Crippen LogP contribution in [0, 0.1) is 19.8 Å². The molecule has 4 rings (SSSR count). The number of hydrogen-bond donors (Lipinski definition) is 1. The highest BCUT2D eigenvalue weighted by Crippen LogP contribution is 2.35. The largest absolute Gasteiger partial charge is 0.309 e. The second kappa shape index (κ2) is 5.40. The fraction of sp³-hybridized carbons (Fsp3) is 0.278. The molecular weight excluding hydrogens is 307 g/mol. The number of aromatic nitrogens is 3. The number of pyridine rings is 2. The monoisotopic (exact) mass is 324 g/mol. The summed E-state index contributed by atoms with van der Waals surface area (Å²) in [7, 11) is 0. The lowest BCUT2D eigenvalue weighted by Crippen LogP contribution is -2.16. The molecule has 0 aliphatic heterocycles. The maximum absolute atomic E-state index is 13.0. The van der Waals surface area contributed by atoms with Gasteiger partial charge in [-0.25, -0.2) is 9.37 Å². The number of halogens is 1. The molecule has 0 spiro atoms. The van der Waals surface area contributed by atoms with Crippen molar-refractivity contribution in [1.29, 1.82) is 0 Å². The summed E-state index contributed by atoms with van der Waals surface area (Å²) in [5.41, 5.74) is 4.77. The standard InChI is InChI=1S/C18H17FN4O/c1-10-5-6-20-8-14(10)12-3-4-16-21-17(11(2)23(16)9-12)22-18(24)13-7-15(13)19/h3-6,8-9,13,15H,7H2,1-2H3,(H,22,24)/t13-,15+/m1/s1. The van der Waals surface area contributed by atoms with Gasteiger partial charge in [-0.1, -0.05) is 0 Å². The van der Waals surface area contributed by atoms with Crippen LogP contribution in [0.3, 0.4) is 0 Å². The number of hydrogen-bond acceptors (Lipinski definition) is 3. The lowest BCUT2D eigenvalue weighted by Gasteiger charge is -2.06. The van der Waals surface area contributed by atoms with E-state index in [1.807, 2.05) is 48.8 Å². The van der Waals surface area contributed by atoms with E-state index in [1.165, 1.54) is 0 Å². The van der Waals surface area contributed by atoms with Crippen molar-refractivity contribution in [3.8, 4) is 11.1 Å². The molecule has 1 amide bonds. The Morgan fingerprint density at radius 3 is 2.83 bits per heavy atom. The van der Waals surface area contributed by atoms with Gasteiger partial charge in [0, 0.05) is 29.7 Å². The molecule has 1 N–H and O–H groups in total. The molecule has 0 unspecified atom stereocenters. The Labute approximate surface area is 138 Å². The Morgan fingerprint density at radius 2 is 2.12 bits per heavy atom. The third kappa shape index (κ3) is 2.44. The predicted molar refractivity (Wildman–Crippen MR) is 89.5 cm³/mol. The number of rotatable bonds is 3. The van der Waals surface area contributed by atoms with Gasteiger partial charge in [0.05, 0.1) is 11.6 Å². The van der Waals surface area contributed by atoms with Crippen molar-refractivity contribution in [3.05, 3.63) is 48.0 Å². The number of fused-ring (bicyclic) bond motifs is 1. The smallest absolute Gasteiger partial charge is 0.231 e. The number of carbonyl (C=O) groups excluding carboxylic acids is 1. The van der Waals surface area contributed by atoms with Gasteiger partial charge >= 0.3 is 0 Å². The van der Waals surface area contributed by atoms with Gasteiger partial charge in [0.15, 0.2) is 5.82 Å². The number of anilines is 1. The number of imidazole rings is 1. The first-order valence-electron chi connectivity index (χ1n) is 7.89. The summed E-state index contributed by atoms with van der Waals surface area (Å²) in [6.45, 7) is 3.92. The van der Waals surface area contributed by atoms with E-state index in [-0.39, 0.29) is 5.91 Å². The quantitative estimate of drug-likeness (QED) is 0.804. The van der Waals surface area contributed by atoms with Crippen LogP contribution in [0.4, 0.5) is 10.2 Å². The molecule has 6 heteroatoms. The minimum absolute atomic E-state index is 0.294. The van der Waals surface area contributed by atoms with Crippen LogP contribution in [0.25, 0.3) is 16.8 Å². The van der Waals surface area contributed by atoms with Gasteiger partial charge in [-0.15, -0.1) is 0 Å². The first-order valence-corrected chi connectivity index (χ1v) is 7.89. The summed E-state index contributed by atoms with van der Waals surface area (Å²) in [5, 5.41) is 2.74. The third-order valence-electron chi connectivity index (χ3n) is 4.50. The van der Waals surface area contributed by atoms with E-state index in [0.29, 0.717) is 12.2 Å². The van der Waals surface area contributed by atoms with Crippen molar-refractivity contribution in [2.24, 2.45) is 5.92 Å². The van der Waals surface area contributed by atoms with Crippen molar-refractivity contribution in [2.75, 3.05) is 5.32 Å². The molecule has 1 aliphatic carbocycles. The van der Waals surface area contributed by atoms with E-state index in [2.05, 4.69) is 15.3 Å². The average Bonchev–Trinajstić information content (AvgIpc) is 3.23. The van der Waals surface area contributed by atoms with E-state index in [9.17, 15) is 9.18 Å². The van der Waals surface area contributed by atoms with Gasteiger partial charge in [-0.05, 0) is 44.0 Å². The molecule has 122 valence electrons. The van der Waals surface area contributed by atoms with Crippen molar-refractivity contribution < 1.29 is 9.18 Å². The number of nitrogens with zero attached hydrogens (tertiary/aromatic N) is 3. The van der Waals surface area contributed by atoms with Gasteiger partial charge in [0.1, 0.15) is 11.8 Å². The first kappa shape index (κ1) is 14.8. The lowest BCUT2D eigenvalue weighted by atomic mass is 10.1. The summed E-state index contributed by atoms with van der Waals surface area (Å²) < 4.78 is 14.9. The first-order chi connectivity index (χ1) is 11.5. The van der Waals surface area contributed by atoms with Crippen LogP contribution in [0.15, 0.2) is 36.8 Å². The molecule has 3 aromatic rings. The van der Waals surface area contributed by atoms with E-state index >= 15 is 0 Å². The van der Waals surface area contributed by atoms with Crippen molar-refractivity contribution in [2.45, 2.75) is 26.4 Å². The normalized spacial score (nSPS) is 19.5. The highest BCUT2D eigenvalue weighted by Gasteiger charge is 2.44. The molecule has 5 nitrogen and oxygen atoms in total. The van der Waals surface area contributed by atoms with E-state index in [4.69, 9.17) is 0 Å². The summed E-state index contributed by atoms with van der Waals surface area (Å²) in [4.78, 5) is 20.6. The summed E-state index contributed by atoms with van der Waals surface area (Å²) in [6, 6.07) is 5.85. The Balaban J connectivity index is 1.71. The van der Waals surface area contributed by atoms with Gasteiger partial charge in [-0.3, -0.25) is 9.78 Å². The zero-order valence-corrected chi connectivity index (χ0v) is 13.5. The molecule has 1 saturated carbocycles. The minimum atomic E-state index is -1.01. The molecular formula is C18H17FN4O. The van der Waals surface area contributed by atoms with Crippen molar-refractivity contribution in [3.63, 3.8) is 0 Å². The zero-order valence-electron chi connectivity index (χ0n) is 13.5. The second-order valence-corrected chi connectivity index (χ2v) is 6.23. The molecule has 2 atom stereocenters. The number of aryl methyl sites for hydroxylation is 2. The third-order valence-corrected chi connectivity index (χ3v) is 4.50. The maximum atomic E-state index is 13.0. The SMILES string of the molecule is Cc1ccncc1-c1ccc2nc(NC(=O)[C@@H]3C[C@@H]3F)c(C)n2c1. The molecule has 0 aromatic carbocycles. The molecule has 3 aromatic heterocycles. The predicted octanol–water partition coefficient (Wildman–Crippen LogP) is 3.31. The van der Waals surface area contributed by atoms with Crippen LogP contribution in [-0.4, -0.2) is 26.4 Å². The Morgan fingerprint density at radius 1 is 1.33 bits per heavy atom. The number of carbonyl (C=O) groups is 1. The van der Waals surface area contributed by atoms with E-state index in [1.54, 1.807) is 6.20 Å². The van der Waals surface area contributed by atoms with Gasteiger partial charge in [0.2, 0.25) is 5.91 Å². The highest BCUT2D eigenvalue weighted by molar-refractivity contribution is 5.94. The lowest BCUT2D eigenvalue weighted by molar-refractivity contribution is -0.117. The van der Waals surface area contributed by atoms with Gasteiger partial charge < -0.3 is 9.72 Å². The highest BCUT2D eigenvalue weighted by atomic mass is 19.1. The summed E-state index contributed by atoms with van der Waals surface area (Å²) >= 11 is 0. The molecule has 1 aliphatic rings. The molecule has 0 radical (unpaired) electrons. The van der Waals surface area contributed by atoms with E-state index in [0.717, 1.165) is 28.0 Å². The zero-order chi connectivity index (χ0) is 16.8. The second-order valence-electron chi connectivity index (χ2n) is 6.23. The van der Waals surface area contributed by atoms with Crippen LogP contribution < -0.4 is 5.32 Å². The van der Waals surface area contributed by atoms with Crippen LogP contribution in [0.2, 0.25) is 0 Å². The minimum Gasteiger partial charge on any atom is -0.309 e. The van der Waals surface area contributed by atoms with Crippen LogP contribution in [0.1, 0.15) is 17.7 Å². The Kier molecular flexibility index (Phi) is 3.33. The summed E-state index contributed by atoms with van der Waals surface area (Å²) in [6.07, 6.45) is 4.88. The number of amides is 1. The summed E-state index contributed by atoms with van der Waals surface area (Å²) in [5.74, 6) is -0.334. The molecule has 24 heavy (non-hydrogen) atoms. The fourth-order valence-corrected chi connectivity index (χ4v) is 2.85. The van der Waals surface area contributed by atoms with E-state index < -0.39 is 12.1 Å². The molecule has 0 bridgehead atoms. The molecule has 1 fully saturated rings. The maximum Gasteiger partial charge on any atom is 0.231 e. The number of alkyl halides is 1. The average molecular weight is 324 g/mol. The molecule has 0 saturated heterocycles. The molecule has 3 heterocycles. The Hall–Kier alpha value is -2.76. The fourth-order valence-electron chi connectivity index (χ4n) is 2.85.